The molecule has 2 N–H and O–H groups in total. The summed E-state index contributed by atoms with van der Waals surface area (Å²) in [6.07, 6.45) is 2.54. The average molecular weight is 241 g/mol. The molecule has 56 valence electrons. The maximum absolute atomic E-state index is 5.55. The van der Waals surface area contributed by atoms with E-state index in [1.807, 2.05) is 0 Å². The number of hydrogen-bond donors (Lipinski definition) is 1. The summed E-state index contributed by atoms with van der Waals surface area (Å²) < 4.78 is 0.729. The Morgan fingerprint density at radius 2 is 2.11 bits per heavy atom. The van der Waals surface area contributed by atoms with Crippen molar-refractivity contribution >= 4 is 22.6 Å². The second-order valence-electron chi connectivity index (χ2n) is 2.46. The van der Waals surface area contributed by atoms with Crippen molar-refractivity contribution in [2.45, 2.75) is 30.6 Å². The van der Waals surface area contributed by atoms with Gasteiger partial charge in [0.15, 0.2) is 0 Å². The van der Waals surface area contributed by atoms with E-state index in [4.69, 9.17) is 5.73 Å². The van der Waals surface area contributed by atoms with E-state index in [2.05, 4.69) is 36.4 Å². The quantitative estimate of drug-likeness (QED) is 0.592. The van der Waals surface area contributed by atoms with E-state index in [-0.39, 0.29) is 0 Å². The van der Waals surface area contributed by atoms with E-state index in [9.17, 15) is 0 Å². The zero-order chi connectivity index (χ0) is 7.28. The van der Waals surface area contributed by atoms with Crippen LogP contribution in [0.5, 0.6) is 0 Å². The summed E-state index contributed by atoms with van der Waals surface area (Å²) in [4.78, 5) is 0. The average Bonchev–Trinajstić information content (AvgIpc) is 1.82. The SMILES string of the molecule is CCCC(CN)C(C)I. The van der Waals surface area contributed by atoms with Crippen LogP contribution in [0.15, 0.2) is 0 Å². The van der Waals surface area contributed by atoms with Gasteiger partial charge in [-0.3, -0.25) is 0 Å². The largest absolute Gasteiger partial charge is 0.330 e. The minimum absolute atomic E-state index is 0.729. The minimum Gasteiger partial charge on any atom is -0.330 e. The van der Waals surface area contributed by atoms with Gasteiger partial charge in [0.05, 0.1) is 0 Å². The van der Waals surface area contributed by atoms with Gasteiger partial charge in [-0.05, 0) is 18.9 Å². The van der Waals surface area contributed by atoms with Crippen molar-refractivity contribution in [2.75, 3.05) is 6.54 Å². The van der Waals surface area contributed by atoms with Crippen LogP contribution in [0.2, 0.25) is 0 Å². The standard InChI is InChI=1S/C7H16IN/c1-3-4-7(5-9)6(2)8/h6-7H,3-5,9H2,1-2H3. The number of rotatable bonds is 4. The third-order valence-electron chi connectivity index (χ3n) is 1.61. The van der Waals surface area contributed by atoms with Gasteiger partial charge in [0.2, 0.25) is 0 Å². The number of nitrogens with two attached hydrogens (primary N) is 1. The zero-order valence-electron chi connectivity index (χ0n) is 6.23. The van der Waals surface area contributed by atoms with Crippen LogP contribution in [0.1, 0.15) is 26.7 Å². The van der Waals surface area contributed by atoms with Crippen LogP contribution in [0.3, 0.4) is 0 Å². The Bertz CT molecular complexity index is 63.9. The summed E-state index contributed by atoms with van der Waals surface area (Å²) in [7, 11) is 0. The Labute approximate surface area is 71.5 Å². The van der Waals surface area contributed by atoms with E-state index >= 15 is 0 Å². The van der Waals surface area contributed by atoms with Crippen LogP contribution in [0, 0.1) is 5.92 Å². The monoisotopic (exact) mass is 241 g/mol. The highest BCUT2D eigenvalue weighted by molar-refractivity contribution is 14.1. The Morgan fingerprint density at radius 1 is 1.56 bits per heavy atom. The third-order valence-corrected chi connectivity index (χ3v) is 2.63. The van der Waals surface area contributed by atoms with Crippen LogP contribution >= 0.6 is 22.6 Å². The summed E-state index contributed by atoms with van der Waals surface area (Å²) in [6, 6.07) is 0. The molecule has 0 aromatic carbocycles. The highest BCUT2D eigenvalue weighted by Crippen LogP contribution is 2.16. The van der Waals surface area contributed by atoms with Crippen molar-refractivity contribution in [2.24, 2.45) is 11.7 Å². The molecule has 0 heterocycles. The van der Waals surface area contributed by atoms with E-state index in [1.54, 1.807) is 0 Å². The van der Waals surface area contributed by atoms with Crippen molar-refractivity contribution in [3.05, 3.63) is 0 Å². The Morgan fingerprint density at radius 3 is 2.22 bits per heavy atom. The molecule has 0 saturated heterocycles. The van der Waals surface area contributed by atoms with Crippen molar-refractivity contribution in [3.8, 4) is 0 Å². The number of hydrogen-bond acceptors (Lipinski definition) is 1. The van der Waals surface area contributed by atoms with Gasteiger partial charge in [-0.1, -0.05) is 42.9 Å². The smallest absolute Gasteiger partial charge is 0.0122 e. The molecule has 0 aromatic rings. The fourth-order valence-electron chi connectivity index (χ4n) is 0.906. The topological polar surface area (TPSA) is 26.0 Å². The molecule has 0 aliphatic rings. The summed E-state index contributed by atoms with van der Waals surface area (Å²) in [5.74, 6) is 0.732. The number of alkyl halides is 1. The molecule has 2 unspecified atom stereocenters. The van der Waals surface area contributed by atoms with Gasteiger partial charge in [-0.15, -0.1) is 0 Å². The lowest BCUT2D eigenvalue weighted by Gasteiger charge is -2.15. The molecule has 0 radical (unpaired) electrons. The summed E-state index contributed by atoms with van der Waals surface area (Å²) in [6.45, 7) is 5.29. The maximum atomic E-state index is 5.55. The van der Waals surface area contributed by atoms with Crippen molar-refractivity contribution in [1.82, 2.24) is 0 Å². The lowest BCUT2D eigenvalue weighted by atomic mass is 10.0. The molecular weight excluding hydrogens is 225 g/mol. The molecular formula is C7H16IN. The third kappa shape index (κ3) is 4.14. The molecule has 0 amide bonds. The van der Waals surface area contributed by atoms with Crippen molar-refractivity contribution in [3.63, 3.8) is 0 Å². The Balaban J connectivity index is 3.41. The maximum Gasteiger partial charge on any atom is 0.0122 e. The van der Waals surface area contributed by atoms with Crippen LogP contribution in [-0.4, -0.2) is 10.5 Å². The molecule has 2 heteroatoms. The first kappa shape index (κ1) is 9.69. The highest BCUT2D eigenvalue weighted by atomic mass is 127. The second-order valence-corrected chi connectivity index (χ2v) is 4.43. The predicted molar refractivity (Wildman–Crippen MR) is 50.9 cm³/mol. The molecule has 0 rings (SSSR count). The molecule has 0 bridgehead atoms. The second kappa shape index (κ2) is 5.47. The molecule has 1 nitrogen and oxygen atoms in total. The molecule has 0 fully saturated rings. The number of halogens is 1. The molecule has 0 saturated carbocycles. The molecule has 0 aliphatic heterocycles. The van der Waals surface area contributed by atoms with Crippen LogP contribution < -0.4 is 5.73 Å². The summed E-state index contributed by atoms with van der Waals surface area (Å²) in [5.41, 5.74) is 5.55. The van der Waals surface area contributed by atoms with E-state index < -0.39 is 0 Å². The van der Waals surface area contributed by atoms with Crippen molar-refractivity contribution in [1.29, 1.82) is 0 Å². The minimum atomic E-state index is 0.729. The molecule has 0 aromatic heterocycles. The fourth-order valence-corrected chi connectivity index (χ4v) is 1.56. The van der Waals surface area contributed by atoms with Gasteiger partial charge in [-0.2, -0.15) is 0 Å². The Kier molecular flexibility index (Phi) is 5.89. The summed E-state index contributed by atoms with van der Waals surface area (Å²) in [5, 5.41) is 0. The summed E-state index contributed by atoms with van der Waals surface area (Å²) >= 11 is 2.45. The highest BCUT2D eigenvalue weighted by Gasteiger charge is 2.10. The first-order chi connectivity index (χ1) is 4.22. The lowest BCUT2D eigenvalue weighted by molar-refractivity contribution is 0.497. The van der Waals surface area contributed by atoms with Crippen LogP contribution in [0.25, 0.3) is 0 Å². The first-order valence-electron chi connectivity index (χ1n) is 3.56. The fraction of sp³-hybridized carbons (Fsp3) is 1.00. The lowest BCUT2D eigenvalue weighted by Crippen LogP contribution is -2.21. The van der Waals surface area contributed by atoms with Gasteiger partial charge in [0.1, 0.15) is 0 Å². The van der Waals surface area contributed by atoms with Gasteiger partial charge in [0, 0.05) is 3.92 Å². The van der Waals surface area contributed by atoms with E-state index in [1.165, 1.54) is 12.8 Å². The van der Waals surface area contributed by atoms with Crippen LogP contribution in [-0.2, 0) is 0 Å². The molecule has 0 aliphatic carbocycles. The Hall–Kier alpha value is 0.690. The van der Waals surface area contributed by atoms with Gasteiger partial charge in [-0.25, -0.2) is 0 Å². The van der Waals surface area contributed by atoms with Gasteiger partial charge >= 0.3 is 0 Å². The predicted octanol–water partition coefficient (Wildman–Crippen LogP) is 2.18. The normalized spacial score (nSPS) is 17.3. The molecule has 2 atom stereocenters. The molecule has 0 spiro atoms. The zero-order valence-corrected chi connectivity index (χ0v) is 8.39. The van der Waals surface area contributed by atoms with Crippen molar-refractivity contribution < 1.29 is 0 Å². The van der Waals surface area contributed by atoms with Gasteiger partial charge < -0.3 is 5.73 Å². The van der Waals surface area contributed by atoms with Gasteiger partial charge in [0.25, 0.3) is 0 Å². The van der Waals surface area contributed by atoms with E-state index in [0.717, 1.165) is 16.4 Å². The van der Waals surface area contributed by atoms with E-state index in [0.29, 0.717) is 0 Å². The van der Waals surface area contributed by atoms with Crippen LogP contribution in [0.4, 0.5) is 0 Å². The molecule has 9 heavy (non-hydrogen) atoms. The first-order valence-corrected chi connectivity index (χ1v) is 4.81.